The first-order chi connectivity index (χ1) is 8.70. The molecule has 3 heteroatoms. The number of aliphatic hydroxyl groups excluding tert-OH is 1. The summed E-state index contributed by atoms with van der Waals surface area (Å²) in [6, 6.07) is 4.15. The Kier molecular flexibility index (Phi) is 5.39. The van der Waals surface area contributed by atoms with E-state index < -0.39 is 6.10 Å². The molecule has 1 atom stereocenters. The Morgan fingerprint density at radius 3 is 2.32 bits per heavy atom. The zero-order chi connectivity index (χ0) is 14.6. The lowest BCUT2D eigenvalue weighted by Crippen LogP contribution is -2.42. The molecule has 0 unspecified atom stereocenters. The maximum absolute atomic E-state index is 9.94. The minimum atomic E-state index is -0.501. The van der Waals surface area contributed by atoms with Crippen LogP contribution < -0.4 is 10.1 Å². The van der Waals surface area contributed by atoms with Crippen LogP contribution in [0, 0.1) is 20.8 Å². The number of hydrogen-bond acceptors (Lipinski definition) is 3. The standard InChI is InChI=1S/C16H27NO2/c1-11-7-8-12(2)15(13(11)3)19-10-14(18)9-17-16(4,5)6/h7-8,14,17-18H,9-10H2,1-6H3/t14-/m1/s1. The minimum Gasteiger partial charge on any atom is -0.490 e. The minimum absolute atomic E-state index is 0.0101. The van der Waals surface area contributed by atoms with Crippen molar-refractivity contribution < 1.29 is 9.84 Å². The van der Waals surface area contributed by atoms with Crippen molar-refractivity contribution in [2.24, 2.45) is 0 Å². The van der Waals surface area contributed by atoms with Crippen molar-refractivity contribution in [3.05, 3.63) is 28.8 Å². The van der Waals surface area contributed by atoms with Gasteiger partial charge in [-0.1, -0.05) is 12.1 Å². The van der Waals surface area contributed by atoms with Gasteiger partial charge in [-0.3, -0.25) is 0 Å². The average molecular weight is 265 g/mol. The topological polar surface area (TPSA) is 41.5 Å². The van der Waals surface area contributed by atoms with Gasteiger partial charge in [-0.25, -0.2) is 0 Å². The van der Waals surface area contributed by atoms with E-state index in [4.69, 9.17) is 4.74 Å². The summed E-state index contributed by atoms with van der Waals surface area (Å²) in [6.07, 6.45) is -0.501. The van der Waals surface area contributed by atoms with Crippen molar-refractivity contribution in [1.29, 1.82) is 0 Å². The van der Waals surface area contributed by atoms with Crippen LogP contribution >= 0.6 is 0 Å². The van der Waals surface area contributed by atoms with Gasteiger partial charge in [0.2, 0.25) is 0 Å². The first-order valence-corrected chi connectivity index (χ1v) is 6.83. The van der Waals surface area contributed by atoms with Crippen LogP contribution in [0.3, 0.4) is 0 Å². The van der Waals surface area contributed by atoms with Crippen LogP contribution in [0.25, 0.3) is 0 Å². The zero-order valence-electron chi connectivity index (χ0n) is 13.0. The summed E-state index contributed by atoms with van der Waals surface area (Å²) in [5.41, 5.74) is 3.48. The van der Waals surface area contributed by atoms with Gasteiger partial charge >= 0.3 is 0 Å². The van der Waals surface area contributed by atoms with Crippen molar-refractivity contribution in [1.82, 2.24) is 5.32 Å². The summed E-state index contributed by atoms with van der Waals surface area (Å²) in [4.78, 5) is 0. The summed E-state index contributed by atoms with van der Waals surface area (Å²) >= 11 is 0. The quantitative estimate of drug-likeness (QED) is 0.860. The molecular formula is C16H27NO2. The van der Waals surface area contributed by atoms with E-state index in [1.54, 1.807) is 0 Å². The summed E-state index contributed by atoms with van der Waals surface area (Å²) in [5.74, 6) is 0.898. The van der Waals surface area contributed by atoms with Gasteiger partial charge in [0.15, 0.2) is 0 Å². The van der Waals surface area contributed by atoms with Crippen LogP contribution in [0.1, 0.15) is 37.5 Å². The monoisotopic (exact) mass is 265 g/mol. The van der Waals surface area contributed by atoms with Crippen molar-refractivity contribution >= 4 is 0 Å². The van der Waals surface area contributed by atoms with Gasteiger partial charge in [-0.2, -0.15) is 0 Å². The molecule has 0 aliphatic heterocycles. The second kappa shape index (κ2) is 6.40. The van der Waals surface area contributed by atoms with Gasteiger partial charge in [0.25, 0.3) is 0 Å². The third kappa shape index (κ3) is 5.21. The summed E-state index contributed by atoms with van der Waals surface area (Å²) < 4.78 is 5.79. The second-order valence-corrected chi connectivity index (χ2v) is 6.25. The molecule has 0 amide bonds. The van der Waals surface area contributed by atoms with Crippen molar-refractivity contribution in [3.8, 4) is 5.75 Å². The van der Waals surface area contributed by atoms with E-state index in [-0.39, 0.29) is 5.54 Å². The Balaban J connectivity index is 2.55. The lowest BCUT2D eigenvalue weighted by molar-refractivity contribution is 0.0993. The molecule has 19 heavy (non-hydrogen) atoms. The first-order valence-electron chi connectivity index (χ1n) is 6.83. The molecule has 1 aromatic rings. The third-order valence-electron chi connectivity index (χ3n) is 3.16. The van der Waals surface area contributed by atoms with Crippen LogP contribution in [0.2, 0.25) is 0 Å². The summed E-state index contributed by atoms with van der Waals surface area (Å²) in [6.45, 7) is 13.2. The van der Waals surface area contributed by atoms with Gasteiger partial charge in [0, 0.05) is 12.1 Å². The highest BCUT2D eigenvalue weighted by Gasteiger charge is 2.14. The first kappa shape index (κ1) is 16.0. The third-order valence-corrected chi connectivity index (χ3v) is 3.16. The van der Waals surface area contributed by atoms with Gasteiger partial charge in [0.1, 0.15) is 18.5 Å². The largest absolute Gasteiger partial charge is 0.490 e. The highest BCUT2D eigenvalue weighted by atomic mass is 16.5. The van der Waals surface area contributed by atoms with Crippen LogP contribution in [-0.2, 0) is 0 Å². The van der Waals surface area contributed by atoms with Gasteiger partial charge < -0.3 is 15.2 Å². The van der Waals surface area contributed by atoms with E-state index in [1.807, 2.05) is 6.92 Å². The molecule has 3 nitrogen and oxygen atoms in total. The number of β-amino-alcohol motifs (C(OH)–C–C–N with tert-alkyl or cyclic N) is 1. The van der Waals surface area contributed by atoms with E-state index in [9.17, 15) is 5.11 Å². The lowest BCUT2D eigenvalue weighted by Gasteiger charge is -2.23. The van der Waals surface area contributed by atoms with Gasteiger partial charge in [-0.05, 0) is 58.2 Å². The highest BCUT2D eigenvalue weighted by Crippen LogP contribution is 2.25. The van der Waals surface area contributed by atoms with E-state index >= 15 is 0 Å². The number of benzene rings is 1. The van der Waals surface area contributed by atoms with E-state index in [1.165, 1.54) is 5.56 Å². The fourth-order valence-corrected chi connectivity index (χ4v) is 1.81. The van der Waals surface area contributed by atoms with Gasteiger partial charge in [0.05, 0.1) is 0 Å². The zero-order valence-corrected chi connectivity index (χ0v) is 13.0. The molecule has 1 rings (SSSR count). The van der Waals surface area contributed by atoms with Crippen LogP contribution in [0.5, 0.6) is 5.75 Å². The molecule has 0 aliphatic carbocycles. The maximum Gasteiger partial charge on any atom is 0.125 e. The summed E-state index contributed by atoms with van der Waals surface area (Å²) in [7, 11) is 0. The lowest BCUT2D eigenvalue weighted by atomic mass is 10.1. The van der Waals surface area contributed by atoms with Crippen molar-refractivity contribution in [2.75, 3.05) is 13.2 Å². The fraction of sp³-hybridized carbons (Fsp3) is 0.625. The Labute approximate surface area is 117 Å². The molecular weight excluding hydrogens is 238 g/mol. The van der Waals surface area contributed by atoms with Crippen molar-refractivity contribution in [2.45, 2.75) is 53.2 Å². The molecule has 0 saturated carbocycles. The number of aryl methyl sites for hydroxylation is 2. The molecule has 0 aromatic heterocycles. The predicted molar refractivity (Wildman–Crippen MR) is 79.9 cm³/mol. The molecule has 1 aromatic carbocycles. The molecule has 0 heterocycles. The molecule has 0 aliphatic rings. The van der Waals surface area contributed by atoms with Crippen LogP contribution in [0.4, 0.5) is 0 Å². The predicted octanol–water partition coefficient (Wildman–Crippen LogP) is 2.74. The number of ether oxygens (including phenoxy) is 1. The molecule has 0 radical (unpaired) electrons. The highest BCUT2D eigenvalue weighted by molar-refractivity contribution is 5.44. The fourth-order valence-electron chi connectivity index (χ4n) is 1.81. The molecule has 0 fully saturated rings. The molecule has 0 saturated heterocycles. The number of nitrogens with one attached hydrogen (secondary N) is 1. The van der Waals surface area contributed by atoms with E-state index in [0.717, 1.165) is 16.9 Å². The Morgan fingerprint density at radius 1 is 1.16 bits per heavy atom. The average Bonchev–Trinajstić information content (AvgIpc) is 2.30. The number of aliphatic hydroxyl groups is 1. The molecule has 0 spiro atoms. The molecule has 0 bridgehead atoms. The van der Waals surface area contributed by atoms with E-state index in [0.29, 0.717) is 13.2 Å². The van der Waals surface area contributed by atoms with Crippen LogP contribution in [-0.4, -0.2) is 29.9 Å². The Hall–Kier alpha value is -1.06. The molecule has 2 N–H and O–H groups in total. The van der Waals surface area contributed by atoms with Crippen LogP contribution in [0.15, 0.2) is 12.1 Å². The normalized spacial score (nSPS) is 13.4. The Bertz CT molecular complexity index is 421. The Morgan fingerprint density at radius 2 is 1.74 bits per heavy atom. The van der Waals surface area contributed by atoms with Gasteiger partial charge in [-0.15, -0.1) is 0 Å². The van der Waals surface area contributed by atoms with Crippen molar-refractivity contribution in [3.63, 3.8) is 0 Å². The maximum atomic E-state index is 9.94. The second-order valence-electron chi connectivity index (χ2n) is 6.25. The van der Waals surface area contributed by atoms with E-state index in [2.05, 4.69) is 52.1 Å². The number of hydrogen-bond donors (Lipinski definition) is 2. The SMILES string of the molecule is Cc1ccc(C)c(OC[C@H](O)CNC(C)(C)C)c1C. The smallest absolute Gasteiger partial charge is 0.125 e. The number of rotatable bonds is 5. The molecule has 108 valence electrons. The summed E-state index contributed by atoms with van der Waals surface area (Å²) in [5, 5.41) is 13.2.